The van der Waals surface area contributed by atoms with Crippen molar-refractivity contribution < 1.29 is 18.7 Å². The molecule has 0 aromatic heterocycles. The average Bonchev–Trinajstić information content (AvgIpc) is 2.94. The molecule has 0 aliphatic carbocycles. The zero-order valence-electron chi connectivity index (χ0n) is 12.5. The molecule has 1 unspecified atom stereocenters. The maximum atomic E-state index is 12.9. The van der Waals surface area contributed by atoms with Crippen LogP contribution in [0.4, 0.5) is 14.9 Å². The zero-order valence-corrected chi connectivity index (χ0v) is 13.3. The third-order valence-corrected chi connectivity index (χ3v) is 3.83. The van der Waals surface area contributed by atoms with Crippen molar-refractivity contribution in [1.29, 1.82) is 0 Å². The van der Waals surface area contributed by atoms with Crippen LogP contribution in [0.2, 0.25) is 5.02 Å². The second-order valence-electron chi connectivity index (χ2n) is 5.31. The fraction of sp³-hybridized carbons (Fsp3) is 0.176. The summed E-state index contributed by atoms with van der Waals surface area (Å²) in [6, 6.07) is 12.1. The van der Waals surface area contributed by atoms with Gasteiger partial charge in [-0.1, -0.05) is 17.7 Å². The van der Waals surface area contributed by atoms with Crippen molar-refractivity contribution in [2.45, 2.75) is 6.10 Å². The van der Waals surface area contributed by atoms with E-state index in [2.05, 4.69) is 5.32 Å². The minimum absolute atomic E-state index is 0.166. The van der Waals surface area contributed by atoms with Crippen LogP contribution in [0.5, 0.6) is 0 Å². The number of carbonyl (C=O) groups excluding carboxylic acids is 2. The Morgan fingerprint density at radius 1 is 1.29 bits per heavy atom. The van der Waals surface area contributed by atoms with Crippen molar-refractivity contribution in [3.05, 3.63) is 64.9 Å². The number of cyclic esters (lactones) is 1. The van der Waals surface area contributed by atoms with Crippen molar-refractivity contribution in [3.8, 4) is 0 Å². The molecule has 7 heteroatoms. The average molecular weight is 349 g/mol. The minimum Gasteiger partial charge on any atom is -0.442 e. The summed E-state index contributed by atoms with van der Waals surface area (Å²) in [6.07, 6.45) is -0.959. The maximum Gasteiger partial charge on any atom is 0.414 e. The molecule has 5 nitrogen and oxygen atoms in total. The molecule has 0 saturated carbocycles. The molecule has 1 aliphatic heterocycles. The van der Waals surface area contributed by atoms with Crippen LogP contribution >= 0.6 is 11.6 Å². The Kier molecular flexibility index (Phi) is 4.66. The number of benzene rings is 2. The summed E-state index contributed by atoms with van der Waals surface area (Å²) in [5.74, 6) is -0.763. The summed E-state index contributed by atoms with van der Waals surface area (Å²) in [6.45, 7) is 0.474. The van der Waals surface area contributed by atoms with Crippen LogP contribution in [-0.4, -0.2) is 31.2 Å². The number of carbonyl (C=O) groups is 2. The Morgan fingerprint density at radius 2 is 2.04 bits per heavy atom. The van der Waals surface area contributed by atoms with E-state index in [0.717, 1.165) is 0 Å². The molecule has 124 valence electrons. The van der Waals surface area contributed by atoms with Crippen molar-refractivity contribution in [1.82, 2.24) is 5.32 Å². The summed E-state index contributed by atoms with van der Waals surface area (Å²) in [5, 5.41) is 3.19. The number of hydrogen-bond donors (Lipinski definition) is 1. The molecule has 24 heavy (non-hydrogen) atoms. The van der Waals surface area contributed by atoms with Crippen LogP contribution < -0.4 is 10.2 Å². The summed E-state index contributed by atoms with van der Waals surface area (Å²) >= 11 is 5.93. The molecule has 2 aromatic rings. The highest BCUT2D eigenvalue weighted by molar-refractivity contribution is 6.30. The normalized spacial score (nSPS) is 16.8. The van der Waals surface area contributed by atoms with Crippen molar-refractivity contribution in [2.24, 2.45) is 0 Å². The maximum absolute atomic E-state index is 12.9. The van der Waals surface area contributed by atoms with Gasteiger partial charge in [-0.05, 0) is 42.5 Å². The van der Waals surface area contributed by atoms with E-state index in [4.69, 9.17) is 16.3 Å². The summed E-state index contributed by atoms with van der Waals surface area (Å²) in [4.78, 5) is 25.4. The Balaban J connectivity index is 1.58. The Labute approximate surface area is 143 Å². The van der Waals surface area contributed by atoms with Gasteiger partial charge in [0.15, 0.2) is 0 Å². The SMILES string of the molecule is O=C(NCC1CN(c2cccc(Cl)c2)C(=O)O1)c1ccc(F)cc1. The predicted octanol–water partition coefficient (Wildman–Crippen LogP) is 3.23. The van der Waals surface area contributed by atoms with Gasteiger partial charge in [-0.15, -0.1) is 0 Å². The minimum atomic E-state index is -0.488. The van der Waals surface area contributed by atoms with E-state index in [-0.39, 0.29) is 12.5 Å². The Morgan fingerprint density at radius 3 is 2.75 bits per heavy atom. The topological polar surface area (TPSA) is 58.6 Å². The largest absolute Gasteiger partial charge is 0.442 e. The zero-order chi connectivity index (χ0) is 17.1. The van der Waals surface area contributed by atoms with Gasteiger partial charge < -0.3 is 10.1 Å². The number of nitrogens with one attached hydrogen (secondary N) is 1. The molecule has 0 radical (unpaired) electrons. The first kappa shape index (κ1) is 16.3. The van der Waals surface area contributed by atoms with E-state index in [0.29, 0.717) is 22.8 Å². The molecule has 0 spiro atoms. The third kappa shape index (κ3) is 3.65. The molecule has 2 amide bonds. The van der Waals surface area contributed by atoms with Gasteiger partial charge in [0.1, 0.15) is 11.9 Å². The van der Waals surface area contributed by atoms with Crippen molar-refractivity contribution in [3.63, 3.8) is 0 Å². The van der Waals surface area contributed by atoms with Crippen LogP contribution in [0.1, 0.15) is 10.4 Å². The molecular formula is C17H14ClFN2O3. The van der Waals surface area contributed by atoms with Gasteiger partial charge >= 0.3 is 6.09 Å². The van der Waals surface area contributed by atoms with E-state index in [9.17, 15) is 14.0 Å². The highest BCUT2D eigenvalue weighted by Gasteiger charge is 2.32. The first-order valence-corrected chi connectivity index (χ1v) is 7.68. The van der Waals surface area contributed by atoms with Crippen molar-refractivity contribution >= 4 is 29.3 Å². The Hall–Kier alpha value is -2.60. The molecule has 1 N–H and O–H groups in total. The van der Waals surface area contributed by atoms with Gasteiger partial charge in [0, 0.05) is 16.3 Å². The summed E-state index contributed by atoms with van der Waals surface area (Å²) < 4.78 is 18.1. The second-order valence-corrected chi connectivity index (χ2v) is 5.75. The number of rotatable bonds is 4. The van der Waals surface area contributed by atoms with Crippen LogP contribution in [-0.2, 0) is 4.74 Å². The third-order valence-electron chi connectivity index (χ3n) is 3.59. The molecule has 1 aliphatic rings. The Bertz CT molecular complexity index is 767. The number of ether oxygens (including phenoxy) is 1. The quantitative estimate of drug-likeness (QED) is 0.922. The monoisotopic (exact) mass is 348 g/mol. The lowest BCUT2D eigenvalue weighted by molar-refractivity contribution is 0.0916. The molecule has 3 rings (SSSR count). The highest BCUT2D eigenvalue weighted by atomic mass is 35.5. The molecule has 2 aromatic carbocycles. The van der Waals surface area contributed by atoms with Gasteiger partial charge in [0.05, 0.1) is 13.1 Å². The molecule has 1 heterocycles. The van der Waals surface area contributed by atoms with Gasteiger partial charge in [0.25, 0.3) is 5.91 Å². The van der Waals surface area contributed by atoms with E-state index < -0.39 is 18.0 Å². The van der Waals surface area contributed by atoms with E-state index in [1.165, 1.54) is 29.2 Å². The highest BCUT2D eigenvalue weighted by Crippen LogP contribution is 2.24. The molecule has 1 saturated heterocycles. The van der Waals surface area contributed by atoms with Gasteiger partial charge in [-0.2, -0.15) is 0 Å². The van der Waals surface area contributed by atoms with Crippen LogP contribution in [0.25, 0.3) is 0 Å². The molecular weight excluding hydrogens is 335 g/mol. The number of nitrogens with zero attached hydrogens (tertiary/aromatic N) is 1. The van der Waals surface area contributed by atoms with Gasteiger partial charge in [0.2, 0.25) is 0 Å². The molecule has 1 atom stereocenters. The molecule has 1 fully saturated rings. The first-order chi connectivity index (χ1) is 11.5. The number of anilines is 1. The second kappa shape index (κ2) is 6.88. The van der Waals surface area contributed by atoms with Crippen LogP contribution in [0.15, 0.2) is 48.5 Å². The predicted molar refractivity (Wildman–Crippen MR) is 87.8 cm³/mol. The smallest absolute Gasteiger partial charge is 0.414 e. The van der Waals surface area contributed by atoms with Crippen LogP contribution in [0, 0.1) is 5.82 Å². The lowest BCUT2D eigenvalue weighted by Gasteiger charge is -2.13. The number of hydrogen-bond acceptors (Lipinski definition) is 3. The summed E-state index contributed by atoms with van der Waals surface area (Å²) in [5.41, 5.74) is 0.979. The van der Waals surface area contributed by atoms with E-state index in [1.807, 2.05) is 0 Å². The van der Waals surface area contributed by atoms with Gasteiger partial charge in [-0.3, -0.25) is 9.69 Å². The lowest BCUT2D eigenvalue weighted by atomic mass is 10.2. The molecule has 0 bridgehead atoms. The standard InChI is InChI=1S/C17H14ClFN2O3/c18-12-2-1-3-14(8-12)21-10-15(24-17(21)23)9-20-16(22)11-4-6-13(19)7-5-11/h1-8,15H,9-10H2,(H,20,22). The van der Waals surface area contributed by atoms with E-state index >= 15 is 0 Å². The fourth-order valence-corrected chi connectivity index (χ4v) is 2.58. The summed E-state index contributed by atoms with van der Waals surface area (Å²) in [7, 11) is 0. The number of amides is 2. The fourth-order valence-electron chi connectivity index (χ4n) is 2.39. The van der Waals surface area contributed by atoms with Crippen LogP contribution in [0.3, 0.4) is 0 Å². The van der Waals surface area contributed by atoms with Gasteiger partial charge in [-0.25, -0.2) is 9.18 Å². The van der Waals surface area contributed by atoms with Crippen molar-refractivity contribution in [2.75, 3.05) is 18.0 Å². The first-order valence-electron chi connectivity index (χ1n) is 7.30. The lowest BCUT2D eigenvalue weighted by Crippen LogP contribution is -2.34. The van der Waals surface area contributed by atoms with E-state index in [1.54, 1.807) is 24.3 Å². The number of halogens is 2.